The largest absolute Gasteiger partial charge is 0.383 e. The van der Waals surface area contributed by atoms with Crippen molar-refractivity contribution in [1.82, 2.24) is 4.98 Å². The van der Waals surface area contributed by atoms with Gasteiger partial charge in [0.15, 0.2) is 0 Å². The summed E-state index contributed by atoms with van der Waals surface area (Å²) in [6.45, 7) is 0. The van der Waals surface area contributed by atoms with E-state index in [2.05, 4.69) is 32.9 Å². The fraction of sp³-hybridized carbons (Fsp3) is 0. The summed E-state index contributed by atoms with van der Waals surface area (Å²) in [5.41, 5.74) is 5.56. The number of halogens is 2. The molecule has 0 spiro atoms. The standard InChI is InChI=1S/C12H8ClIN4O3/c13-9-3-6(14)1-2-10(9)17-12(19)8-4-7(18(20)21)5-16-11(8)15/h1-5H,(H2,15,16)(H,17,19). The van der Waals surface area contributed by atoms with Gasteiger partial charge in [-0.15, -0.1) is 0 Å². The van der Waals surface area contributed by atoms with Gasteiger partial charge in [-0.05, 0) is 40.8 Å². The Bertz CT molecular complexity index is 738. The van der Waals surface area contributed by atoms with Crippen LogP contribution < -0.4 is 11.1 Å². The van der Waals surface area contributed by atoms with Gasteiger partial charge in [0, 0.05) is 9.64 Å². The Hall–Kier alpha value is -1.94. The number of hydrogen-bond acceptors (Lipinski definition) is 5. The maximum atomic E-state index is 12.1. The summed E-state index contributed by atoms with van der Waals surface area (Å²) >= 11 is 8.09. The first-order chi connectivity index (χ1) is 9.88. The summed E-state index contributed by atoms with van der Waals surface area (Å²) in [6, 6.07) is 6.13. The Morgan fingerprint density at radius 3 is 2.76 bits per heavy atom. The molecule has 1 heterocycles. The summed E-state index contributed by atoms with van der Waals surface area (Å²) in [6.07, 6.45) is 0.990. The highest BCUT2D eigenvalue weighted by molar-refractivity contribution is 14.1. The molecule has 0 aliphatic rings. The minimum atomic E-state index is -0.652. The van der Waals surface area contributed by atoms with Crippen LogP contribution in [0.4, 0.5) is 17.2 Å². The number of nitrogens with zero attached hydrogens (tertiary/aromatic N) is 2. The molecule has 108 valence electrons. The van der Waals surface area contributed by atoms with Gasteiger partial charge in [0.25, 0.3) is 11.6 Å². The van der Waals surface area contributed by atoms with Crippen LogP contribution in [0.5, 0.6) is 0 Å². The van der Waals surface area contributed by atoms with Crippen LogP contribution in [0.25, 0.3) is 0 Å². The number of carbonyl (C=O) groups is 1. The van der Waals surface area contributed by atoms with E-state index in [0.717, 1.165) is 15.8 Å². The lowest BCUT2D eigenvalue weighted by Crippen LogP contribution is -2.15. The first-order valence-electron chi connectivity index (χ1n) is 5.55. The third-order valence-corrected chi connectivity index (χ3v) is 3.52. The van der Waals surface area contributed by atoms with Gasteiger partial charge in [-0.1, -0.05) is 11.6 Å². The number of benzene rings is 1. The topological polar surface area (TPSA) is 111 Å². The van der Waals surface area contributed by atoms with Crippen molar-refractivity contribution in [3.05, 3.63) is 54.7 Å². The lowest BCUT2D eigenvalue weighted by molar-refractivity contribution is -0.385. The summed E-state index contributed by atoms with van der Waals surface area (Å²) in [7, 11) is 0. The molecule has 0 bridgehead atoms. The van der Waals surface area contributed by atoms with Crippen molar-refractivity contribution in [2.24, 2.45) is 0 Å². The zero-order valence-electron chi connectivity index (χ0n) is 10.3. The second kappa shape index (κ2) is 6.22. The van der Waals surface area contributed by atoms with E-state index in [1.54, 1.807) is 18.2 Å². The summed E-state index contributed by atoms with van der Waals surface area (Å²) in [5, 5.41) is 13.6. The molecule has 0 aliphatic heterocycles. The predicted molar refractivity (Wildman–Crippen MR) is 87.4 cm³/mol. The molecule has 0 fully saturated rings. The van der Waals surface area contributed by atoms with E-state index in [1.165, 1.54) is 0 Å². The molecule has 1 aromatic carbocycles. The number of nitrogens with two attached hydrogens (primary N) is 1. The molecule has 0 unspecified atom stereocenters. The Morgan fingerprint density at radius 2 is 2.14 bits per heavy atom. The van der Waals surface area contributed by atoms with Gasteiger partial charge in [-0.3, -0.25) is 14.9 Å². The lowest BCUT2D eigenvalue weighted by atomic mass is 10.2. The van der Waals surface area contributed by atoms with Crippen LogP contribution in [0.1, 0.15) is 10.4 Å². The monoisotopic (exact) mass is 418 g/mol. The van der Waals surface area contributed by atoms with E-state index in [4.69, 9.17) is 17.3 Å². The van der Waals surface area contributed by atoms with E-state index >= 15 is 0 Å². The Kier molecular flexibility index (Phi) is 4.58. The molecule has 3 N–H and O–H groups in total. The molecule has 0 saturated carbocycles. The number of nitrogen functional groups attached to an aromatic ring is 1. The van der Waals surface area contributed by atoms with E-state index in [-0.39, 0.29) is 17.1 Å². The number of rotatable bonds is 3. The maximum Gasteiger partial charge on any atom is 0.288 e. The first-order valence-corrected chi connectivity index (χ1v) is 7.00. The number of amides is 1. The minimum absolute atomic E-state index is 0.0844. The quantitative estimate of drug-likeness (QED) is 0.452. The van der Waals surface area contributed by atoms with Crippen LogP contribution in [-0.2, 0) is 0 Å². The molecule has 0 radical (unpaired) electrons. The van der Waals surface area contributed by atoms with Crippen molar-refractivity contribution in [3.63, 3.8) is 0 Å². The number of hydrogen-bond donors (Lipinski definition) is 2. The average molecular weight is 419 g/mol. The van der Waals surface area contributed by atoms with Crippen molar-refractivity contribution in [1.29, 1.82) is 0 Å². The van der Waals surface area contributed by atoms with Crippen molar-refractivity contribution in [2.75, 3.05) is 11.1 Å². The summed E-state index contributed by atoms with van der Waals surface area (Å²) in [4.78, 5) is 25.8. The average Bonchev–Trinajstić information content (AvgIpc) is 2.42. The van der Waals surface area contributed by atoms with Gasteiger partial charge >= 0.3 is 0 Å². The number of carbonyl (C=O) groups excluding carboxylic acids is 1. The van der Waals surface area contributed by atoms with Gasteiger partial charge in [0.1, 0.15) is 12.0 Å². The second-order valence-corrected chi connectivity index (χ2v) is 5.61. The smallest absolute Gasteiger partial charge is 0.288 e. The van der Waals surface area contributed by atoms with Gasteiger partial charge < -0.3 is 11.1 Å². The van der Waals surface area contributed by atoms with Crippen molar-refractivity contribution < 1.29 is 9.72 Å². The second-order valence-electron chi connectivity index (χ2n) is 3.96. The number of nitrogens with one attached hydrogen (secondary N) is 1. The van der Waals surface area contributed by atoms with Crippen LogP contribution in [0, 0.1) is 13.7 Å². The van der Waals surface area contributed by atoms with E-state index in [1.807, 2.05) is 0 Å². The third-order valence-electron chi connectivity index (χ3n) is 2.54. The predicted octanol–water partition coefficient (Wildman–Crippen LogP) is 3.08. The fourth-order valence-corrected chi connectivity index (χ4v) is 2.43. The highest BCUT2D eigenvalue weighted by atomic mass is 127. The first kappa shape index (κ1) is 15.4. The minimum Gasteiger partial charge on any atom is -0.383 e. The highest BCUT2D eigenvalue weighted by Gasteiger charge is 2.17. The van der Waals surface area contributed by atoms with Crippen molar-refractivity contribution >= 4 is 57.3 Å². The van der Waals surface area contributed by atoms with Crippen molar-refractivity contribution in [3.8, 4) is 0 Å². The zero-order valence-corrected chi connectivity index (χ0v) is 13.3. The number of anilines is 2. The molecule has 2 aromatic rings. The molecule has 0 atom stereocenters. The molecule has 21 heavy (non-hydrogen) atoms. The molecule has 9 heteroatoms. The SMILES string of the molecule is Nc1ncc([N+](=O)[O-])cc1C(=O)Nc1ccc(I)cc1Cl. The summed E-state index contributed by atoms with van der Waals surface area (Å²) in [5.74, 6) is -0.716. The van der Waals surface area contributed by atoms with Gasteiger partial charge in [-0.2, -0.15) is 0 Å². The van der Waals surface area contributed by atoms with Crippen LogP contribution in [0.15, 0.2) is 30.5 Å². The van der Waals surface area contributed by atoms with E-state index in [0.29, 0.717) is 10.7 Å². The van der Waals surface area contributed by atoms with Crippen LogP contribution in [-0.4, -0.2) is 15.8 Å². The van der Waals surface area contributed by atoms with Crippen LogP contribution >= 0.6 is 34.2 Å². The normalized spacial score (nSPS) is 10.2. The highest BCUT2D eigenvalue weighted by Crippen LogP contribution is 2.25. The number of pyridine rings is 1. The Balaban J connectivity index is 2.32. The molecule has 1 aromatic heterocycles. The number of aromatic nitrogens is 1. The van der Waals surface area contributed by atoms with Crippen LogP contribution in [0.2, 0.25) is 5.02 Å². The zero-order chi connectivity index (χ0) is 15.6. The maximum absolute atomic E-state index is 12.1. The molecule has 0 saturated heterocycles. The lowest BCUT2D eigenvalue weighted by Gasteiger charge is -2.08. The van der Waals surface area contributed by atoms with Crippen molar-refractivity contribution in [2.45, 2.75) is 0 Å². The summed E-state index contributed by atoms with van der Waals surface area (Å²) < 4.78 is 0.909. The molecule has 7 nitrogen and oxygen atoms in total. The van der Waals surface area contributed by atoms with E-state index in [9.17, 15) is 14.9 Å². The van der Waals surface area contributed by atoms with Gasteiger partial charge in [0.2, 0.25) is 0 Å². The molecular formula is C12H8ClIN4O3. The molecule has 0 aliphatic carbocycles. The molecular weight excluding hydrogens is 411 g/mol. The molecule has 2 rings (SSSR count). The molecule has 1 amide bonds. The van der Waals surface area contributed by atoms with E-state index < -0.39 is 10.8 Å². The van der Waals surface area contributed by atoms with Crippen LogP contribution in [0.3, 0.4) is 0 Å². The third kappa shape index (κ3) is 3.58. The Labute approximate surface area is 137 Å². The fourth-order valence-electron chi connectivity index (χ4n) is 1.53. The Morgan fingerprint density at radius 1 is 1.43 bits per heavy atom. The van der Waals surface area contributed by atoms with Gasteiger partial charge in [0.05, 0.1) is 21.2 Å². The van der Waals surface area contributed by atoms with Gasteiger partial charge in [-0.25, -0.2) is 4.98 Å². The number of nitro groups is 1.